The number of aromatic nitrogens is 2. The van der Waals surface area contributed by atoms with Gasteiger partial charge in [0.15, 0.2) is 0 Å². The number of aryl methyl sites for hydroxylation is 2. The van der Waals surface area contributed by atoms with Gasteiger partial charge in [-0.25, -0.2) is 9.37 Å². The molecule has 0 aliphatic heterocycles. The van der Waals surface area contributed by atoms with Crippen LogP contribution >= 0.6 is 11.6 Å². The maximum atomic E-state index is 13.9. The monoisotopic (exact) mass is 302 g/mol. The average molecular weight is 303 g/mol. The molecule has 0 aliphatic carbocycles. The maximum Gasteiger partial charge on any atom is 0.132 e. The topological polar surface area (TPSA) is 17.8 Å². The van der Waals surface area contributed by atoms with Gasteiger partial charge in [-0.05, 0) is 50.1 Å². The van der Waals surface area contributed by atoms with Gasteiger partial charge in [0.25, 0.3) is 0 Å². The van der Waals surface area contributed by atoms with Crippen molar-refractivity contribution in [2.24, 2.45) is 0 Å². The second-order valence-corrected chi connectivity index (χ2v) is 5.95. The summed E-state index contributed by atoms with van der Waals surface area (Å²) in [5.41, 5.74) is 4.30. The number of nitrogens with zero attached hydrogens (tertiary/aromatic N) is 2. The minimum absolute atomic E-state index is 0.227. The molecule has 3 rings (SSSR count). The Balaban J connectivity index is 2.36. The molecule has 0 aliphatic rings. The van der Waals surface area contributed by atoms with E-state index in [1.807, 2.05) is 42.7 Å². The van der Waals surface area contributed by atoms with Crippen LogP contribution in [0.4, 0.5) is 4.39 Å². The molecule has 2 nitrogen and oxygen atoms in total. The van der Waals surface area contributed by atoms with Gasteiger partial charge in [0.1, 0.15) is 11.6 Å². The highest BCUT2D eigenvalue weighted by Crippen LogP contribution is 2.30. The van der Waals surface area contributed by atoms with Gasteiger partial charge in [-0.2, -0.15) is 0 Å². The second-order valence-electron chi connectivity index (χ2n) is 5.30. The Morgan fingerprint density at radius 3 is 2.57 bits per heavy atom. The third-order valence-electron chi connectivity index (χ3n) is 3.68. The number of imidazole rings is 1. The molecule has 4 heteroatoms. The zero-order valence-corrected chi connectivity index (χ0v) is 12.9. The maximum absolute atomic E-state index is 13.9. The Morgan fingerprint density at radius 1 is 1.14 bits per heavy atom. The number of hydrogen-bond donors (Lipinski definition) is 0. The zero-order valence-electron chi connectivity index (χ0n) is 12.2. The summed E-state index contributed by atoms with van der Waals surface area (Å²) in [7, 11) is 0. The first-order valence-electron chi connectivity index (χ1n) is 6.87. The van der Waals surface area contributed by atoms with Crippen molar-refractivity contribution in [3.05, 3.63) is 59.2 Å². The van der Waals surface area contributed by atoms with E-state index >= 15 is 0 Å². The van der Waals surface area contributed by atoms with Crippen molar-refractivity contribution < 1.29 is 4.39 Å². The number of hydrogen-bond acceptors (Lipinski definition) is 1. The molecule has 3 aromatic rings. The van der Waals surface area contributed by atoms with Crippen LogP contribution in [0.25, 0.3) is 16.7 Å². The van der Waals surface area contributed by atoms with Gasteiger partial charge in [0.2, 0.25) is 0 Å². The van der Waals surface area contributed by atoms with Crippen molar-refractivity contribution in [3.63, 3.8) is 0 Å². The summed E-state index contributed by atoms with van der Waals surface area (Å²) >= 11 is 6.28. The Hall–Kier alpha value is -1.87. The van der Waals surface area contributed by atoms with E-state index in [9.17, 15) is 4.39 Å². The number of benzene rings is 2. The lowest BCUT2D eigenvalue weighted by atomic mass is 10.2. The lowest BCUT2D eigenvalue weighted by Gasteiger charge is -2.11. The summed E-state index contributed by atoms with van der Waals surface area (Å²) in [6.07, 6.45) is 0. The fourth-order valence-corrected chi connectivity index (χ4v) is 2.66. The van der Waals surface area contributed by atoms with Crippen LogP contribution in [0.1, 0.15) is 29.3 Å². The predicted molar refractivity (Wildman–Crippen MR) is 84.8 cm³/mol. The normalized spacial score (nSPS) is 12.8. The number of halogens is 2. The smallest absolute Gasteiger partial charge is 0.132 e. The summed E-state index contributed by atoms with van der Waals surface area (Å²) < 4.78 is 15.8. The van der Waals surface area contributed by atoms with E-state index in [-0.39, 0.29) is 11.2 Å². The highest BCUT2D eigenvalue weighted by atomic mass is 35.5. The summed E-state index contributed by atoms with van der Waals surface area (Å²) in [5, 5.41) is -0.263. The Bertz CT molecular complexity index is 821. The van der Waals surface area contributed by atoms with E-state index in [2.05, 4.69) is 4.98 Å². The molecule has 0 bridgehead atoms. The van der Waals surface area contributed by atoms with E-state index in [0.29, 0.717) is 5.56 Å². The largest absolute Gasteiger partial charge is 0.295 e. The lowest BCUT2D eigenvalue weighted by Crippen LogP contribution is -2.02. The first-order valence-corrected chi connectivity index (χ1v) is 7.31. The second kappa shape index (κ2) is 5.15. The van der Waals surface area contributed by atoms with Crippen molar-refractivity contribution >= 4 is 22.6 Å². The number of fused-ring (bicyclic) bond motifs is 1. The van der Waals surface area contributed by atoms with Crippen LogP contribution in [0, 0.1) is 19.7 Å². The summed E-state index contributed by atoms with van der Waals surface area (Å²) in [6, 6.07) is 11.2. The van der Waals surface area contributed by atoms with Gasteiger partial charge >= 0.3 is 0 Å². The molecule has 0 fully saturated rings. The van der Waals surface area contributed by atoms with Crippen LogP contribution in [0.2, 0.25) is 0 Å². The van der Waals surface area contributed by atoms with Gasteiger partial charge in [-0.3, -0.25) is 4.57 Å². The van der Waals surface area contributed by atoms with E-state index in [4.69, 9.17) is 11.6 Å². The molecule has 0 spiro atoms. The molecule has 108 valence electrons. The molecule has 0 N–H and O–H groups in total. The average Bonchev–Trinajstić information content (AvgIpc) is 2.83. The van der Waals surface area contributed by atoms with E-state index in [1.54, 1.807) is 13.0 Å². The van der Waals surface area contributed by atoms with Crippen LogP contribution in [0.3, 0.4) is 0 Å². The van der Waals surface area contributed by atoms with Crippen molar-refractivity contribution in [2.75, 3.05) is 0 Å². The van der Waals surface area contributed by atoms with Crippen LogP contribution < -0.4 is 0 Å². The number of para-hydroxylation sites is 1. The highest BCUT2D eigenvalue weighted by molar-refractivity contribution is 6.20. The van der Waals surface area contributed by atoms with Crippen LogP contribution in [-0.4, -0.2) is 9.55 Å². The minimum Gasteiger partial charge on any atom is -0.295 e. The molecule has 1 heterocycles. The van der Waals surface area contributed by atoms with Crippen LogP contribution in [0.5, 0.6) is 0 Å². The molecular formula is C17H16ClFN2. The van der Waals surface area contributed by atoms with Gasteiger partial charge in [-0.1, -0.05) is 18.2 Å². The molecule has 2 aromatic carbocycles. The molecule has 1 atom stereocenters. The minimum atomic E-state index is -0.263. The zero-order chi connectivity index (χ0) is 15.1. The molecule has 1 unspecified atom stereocenters. The molecule has 1 aromatic heterocycles. The number of alkyl halides is 1. The van der Waals surface area contributed by atoms with E-state index in [0.717, 1.165) is 28.1 Å². The van der Waals surface area contributed by atoms with Crippen molar-refractivity contribution in [2.45, 2.75) is 26.1 Å². The third-order valence-corrected chi connectivity index (χ3v) is 3.88. The molecule has 0 amide bonds. The van der Waals surface area contributed by atoms with E-state index in [1.165, 1.54) is 6.07 Å². The molecule has 0 saturated carbocycles. The first kappa shape index (κ1) is 14.1. The Labute approximate surface area is 128 Å². The van der Waals surface area contributed by atoms with E-state index < -0.39 is 0 Å². The molecule has 21 heavy (non-hydrogen) atoms. The number of rotatable bonds is 2. The van der Waals surface area contributed by atoms with Crippen LogP contribution in [0.15, 0.2) is 36.4 Å². The third kappa shape index (κ3) is 2.32. The Morgan fingerprint density at radius 2 is 1.90 bits per heavy atom. The quantitative estimate of drug-likeness (QED) is 0.604. The standard InChI is InChI=1S/C17H16ClFN2/c1-10-7-8-13(9-14(10)19)21-15-6-4-5-11(2)16(15)20-17(21)12(3)18/h4-9,12H,1-3H3. The molecular weight excluding hydrogens is 287 g/mol. The fourth-order valence-electron chi connectivity index (χ4n) is 2.52. The van der Waals surface area contributed by atoms with Gasteiger partial charge in [-0.15, -0.1) is 11.6 Å². The van der Waals surface area contributed by atoms with Crippen molar-refractivity contribution in [3.8, 4) is 5.69 Å². The summed E-state index contributed by atoms with van der Waals surface area (Å²) in [4.78, 5) is 4.65. The van der Waals surface area contributed by atoms with Crippen molar-refractivity contribution in [1.29, 1.82) is 0 Å². The lowest BCUT2D eigenvalue weighted by molar-refractivity contribution is 0.617. The van der Waals surface area contributed by atoms with Crippen LogP contribution in [-0.2, 0) is 0 Å². The highest BCUT2D eigenvalue weighted by Gasteiger charge is 2.17. The van der Waals surface area contributed by atoms with Gasteiger partial charge in [0, 0.05) is 0 Å². The summed E-state index contributed by atoms with van der Waals surface area (Å²) in [6.45, 7) is 5.64. The predicted octanol–water partition coefficient (Wildman–Crippen LogP) is 5.08. The fraction of sp³-hybridized carbons (Fsp3) is 0.235. The van der Waals surface area contributed by atoms with Gasteiger partial charge in [0.05, 0.1) is 22.1 Å². The van der Waals surface area contributed by atoms with Gasteiger partial charge < -0.3 is 0 Å². The summed E-state index contributed by atoms with van der Waals surface area (Å²) in [5.74, 6) is 0.499. The van der Waals surface area contributed by atoms with Crippen molar-refractivity contribution in [1.82, 2.24) is 9.55 Å². The molecule has 0 saturated heterocycles. The SMILES string of the molecule is Cc1ccc(-n2c(C(C)Cl)nc3c(C)cccc32)cc1F. The first-order chi connectivity index (χ1) is 9.99. The Kier molecular flexibility index (Phi) is 3.46. The molecule has 0 radical (unpaired) electrons.